The summed E-state index contributed by atoms with van der Waals surface area (Å²) in [5.74, 6) is -0.288. The number of pyridine rings is 1. The molecule has 0 aliphatic carbocycles. The van der Waals surface area contributed by atoms with Crippen LogP contribution in [0.3, 0.4) is 0 Å². The fraction of sp³-hybridized carbons (Fsp3) is 0.0769. The summed E-state index contributed by atoms with van der Waals surface area (Å²) in [6.45, 7) is 6.82. The van der Waals surface area contributed by atoms with Gasteiger partial charge in [-0.1, -0.05) is 19.2 Å². The summed E-state index contributed by atoms with van der Waals surface area (Å²) in [7, 11) is 0. The third-order valence-corrected chi connectivity index (χ3v) is 1.98. The Morgan fingerprint density at radius 2 is 2.16 bits per heavy atom. The van der Waals surface area contributed by atoms with Crippen molar-refractivity contribution < 1.29 is 17.9 Å². The molecule has 1 heterocycles. The number of allylic oxidation sites excluding steroid dienone is 3. The molecule has 0 saturated heterocycles. The number of rotatable bonds is 4. The van der Waals surface area contributed by atoms with Gasteiger partial charge in [0.2, 0.25) is 5.88 Å². The van der Waals surface area contributed by atoms with E-state index in [2.05, 4.69) is 18.1 Å². The number of nitriles is 1. The zero-order valence-corrected chi connectivity index (χ0v) is 9.74. The molecule has 0 atom stereocenters. The maximum atomic E-state index is 12.5. The fourth-order valence-corrected chi connectivity index (χ4v) is 1.11. The molecule has 19 heavy (non-hydrogen) atoms. The molecule has 0 spiro atoms. The average Bonchev–Trinajstić information content (AvgIpc) is 2.36. The molecule has 0 amide bonds. The van der Waals surface area contributed by atoms with Crippen molar-refractivity contribution in [1.82, 2.24) is 4.98 Å². The van der Waals surface area contributed by atoms with Crippen molar-refractivity contribution in [2.45, 2.75) is 6.18 Å². The van der Waals surface area contributed by atoms with Crippen LogP contribution in [0.25, 0.3) is 0 Å². The van der Waals surface area contributed by atoms with Crippen LogP contribution in [-0.4, -0.2) is 4.98 Å². The van der Waals surface area contributed by atoms with Crippen LogP contribution in [0, 0.1) is 11.3 Å². The second kappa shape index (κ2) is 5.87. The lowest BCUT2D eigenvalue weighted by atomic mass is 10.2. The first-order chi connectivity index (χ1) is 8.88. The Morgan fingerprint density at radius 3 is 2.68 bits per heavy atom. The van der Waals surface area contributed by atoms with Crippen molar-refractivity contribution in [3.05, 3.63) is 60.5 Å². The van der Waals surface area contributed by atoms with Crippen LogP contribution in [-0.2, 0) is 6.18 Å². The molecule has 0 saturated carbocycles. The SMILES string of the molecule is C=CC=C(Oc1cc(C(F)(F)F)ccn1)C(=C)C#N. The summed E-state index contributed by atoms with van der Waals surface area (Å²) in [4.78, 5) is 3.64. The predicted molar refractivity (Wildman–Crippen MR) is 62.9 cm³/mol. The molecule has 1 aromatic rings. The van der Waals surface area contributed by atoms with E-state index in [4.69, 9.17) is 10.00 Å². The van der Waals surface area contributed by atoms with Crippen LogP contribution in [0.2, 0.25) is 0 Å². The molecule has 0 radical (unpaired) electrons. The van der Waals surface area contributed by atoms with Crippen LogP contribution < -0.4 is 4.74 Å². The van der Waals surface area contributed by atoms with Gasteiger partial charge < -0.3 is 4.74 Å². The van der Waals surface area contributed by atoms with E-state index in [9.17, 15) is 13.2 Å². The highest BCUT2D eigenvalue weighted by Gasteiger charge is 2.31. The summed E-state index contributed by atoms with van der Waals surface area (Å²) < 4.78 is 42.6. The van der Waals surface area contributed by atoms with Crippen molar-refractivity contribution in [2.75, 3.05) is 0 Å². The molecule has 0 N–H and O–H groups in total. The Bertz CT molecular complexity index is 568. The molecule has 3 nitrogen and oxygen atoms in total. The number of aromatic nitrogens is 1. The van der Waals surface area contributed by atoms with Crippen molar-refractivity contribution in [1.29, 1.82) is 5.26 Å². The van der Waals surface area contributed by atoms with Crippen LogP contribution in [0.5, 0.6) is 5.88 Å². The molecule has 0 aliphatic rings. The van der Waals surface area contributed by atoms with Crippen molar-refractivity contribution in [3.8, 4) is 11.9 Å². The standard InChI is InChI=1S/C13H9F3N2O/c1-3-4-11(9(2)8-17)19-12-7-10(5-6-18-12)13(14,15)16/h3-7H,1-2H2. The lowest BCUT2D eigenvalue weighted by molar-refractivity contribution is -0.137. The van der Waals surface area contributed by atoms with Crippen molar-refractivity contribution >= 4 is 0 Å². The van der Waals surface area contributed by atoms with Gasteiger partial charge in [-0.3, -0.25) is 0 Å². The molecule has 1 rings (SSSR count). The van der Waals surface area contributed by atoms with Gasteiger partial charge in [-0.25, -0.2) is 4.98 Å². The Labute approximate surface area is 108 Å². The van der Waals surface area contributed by atoms with E-state index < -0.39 is 11.7 Å². The molecule has 0 fully saturated rings. The number of nitrogens with zero attached hydrogens (tertiary/aromatic N) is 2. The zero-order chi connectivity index (χ0) is 14.5. The molecule has 0 aromatic carbocycles. The van der Waals surface area contributed by atoms with Gasteiger partial charge in [0.15, 0.2) is 0 Å². The molecule has 6 heteroatoms. The maximum Gasteiger partial charge on any atom is 0.416 e. The number of ether oxygens (including phenoxy) is 1. The topological polar surface area (TPSA) is 45.9 Å². The average molecular weight is 266 g/mol. The smallest absolute Gasteiger partial charge is 0.416 e. The Morgan fingerprint density at radius 1 is 1.47 bits per heavy atom. The summed E-state index contributed by atoms with van der Waals surface area (Å²) in [5, 5.41) is 8.69. The third kappa shape index (κ3) is 4.00. The maximum absolute atomic E-state index is 12.5. The van der Waals surface area contributed by atoms with Gasteiger partial charge in [-0.2, -0.15) is 18.4 Å². The molecular weight excluding hydrogens is 257 g/mol. The minimum atomic E-state index is -4.49. The fourth-order valence-electron chi connectivity index (χ4n) is 1.11. The summed E-state index contributed by atoms with van der Waals surface area (Å²) in [5.41, 5.74) is -0.933. The number of halogens is 3. The monoisotopic (exact) mass is 266 g/mol. The van der Waals surface area contributed by atoms with E-state index in [0.29, 0.717) is 0 Å². The van der Waals surface area contributed by atoms with E-state index in [0.717, 1.165) is 18.3 Å². The van der Waals surface area contributed by atoms with Crippen molar-refractivity contribution in [2.24, 2.45) is 0 Å². The first-order valence-electron chi connectivity index (χ1n) is 5.01. The lowest BCUT2D eigenvalue weighted by Gasteiger charge is -2.10. The van der Waals surface area contributed by atoms with Gasteiger partial charge in [0.05, 0.1) is 11.1 Å². The van der Waals surface area contributed by atoms with E-state index in [1.807, 2.05) is 0 Å². The van der Waals surface area contributed by atoms with Gasteiger partial charge in [0, 0.05) is 12.3 Å². The second-order valence-electron chi connectivity index (χ2n) is 3.34. The lowest BCUT2D eigenvalue weighted by Crippen LogP contribution is -2.06. The Hall–Kier alpha value is -2.55. The number of hydrogen-bond acceptors (Lipinski definition) is 3. The third-order valence-electron chi connectivity index (χ3n) is 1.98. The molecule has 0 aliphatic heterocycles. The molecular formula is C13H9F3N2O. The predicted octanol–water partition coefficient (Wildman–Crippen LogP) is 3.63. The highest BCUT2D eigenvalue weighted by Crippen LogP contribution is 2.31. The van der Waals surface area contributed by atoms with E-state index in [1.54, 1.807) is 6.07 Å². The molecule has 0 unspecified atom stereocenters. The van der Waals surface area contributed by atoms with Crippen LogP contribution in [0.15, 0.2) is 55.0 Å². The Kier molecular flexibility index (Phi) is 4.48. The minimum Gasteiger partial charge on any atom is -0.438 e. The van der Waals surface area contributed by atoms with Crippen LogP contribution in [0.1, 0.15) is 5.56 Å². The zero-order valence-electron chi connectivity index (χ0n) is 9.74. The number of alkyl halides is 3. The summed E-state index contributed by atoms with van der Waals surface area (Å²) in [6.07, 6.45) is -0.882. The van der Waals surface area contributed by atoms with Gasteiger partial charge in [-0.15, -0.1) is 0 Å². The van der Waals surface area contributed by atoms with E-state index in [1.165, 1.54) is 12.2 Å². The normalized spacial score (nSPS) is 11.6. The van der Waals surface area contributed by atoms with Gasteiger partial charge >= 0.3 is 6.18 Å². The quantitative estimate of drug-likeness (QED) is 0.475. The summed E-state index contributed by atoms with van der Waals surface area (Å²) in [6, 6.07) is 3.29. The first kappa shape index (κ1) is 14.5. The summed E-state index contributed by atoms with van der Waals surface area (Å²) >= 11 is 0. The van der Waals surface area contributed by atoms with Gasteiger partial charge in [-0.05, 0) is 12.1 Å². The first-order valence-corrected chi connectivity index (χ1v) is 5.01. The van der Waals surface area contributed by atoms with Gasteiger partial charge in [0.1, 0.15) is 11.8 Å². The highest BCUT2D eigenvalue weighted by atomic mass is 19.4. The van der Waals surface area contributed by atoms with Gasteiger partial charge in [0.25, 0.3) is 0 Å². The minimum absolute atomic E-state index is 0.00988. The van der Waals surface area contributed by atoms with E-state index >= 15 is 0 Å². The van der Waals surface area contributed by atoms with Crippen LogP contribution in [0.4, 0.5) is 13.2 Å². The second-order valence-corrected chi connectivity index (χ2v) is 3.34. The van der Waals surface area contributed by atoms with E-state index in [-0.39, 0.29) is 17.2 Å². The van der Waals surface area contributed by atoms with Crippen LogP contribution >= 0.6 is 0 Å². The Balaban J connectivity index is 3.06. The molecule has 1 aromatic heterocycles. The number of hydrogen-bond donors (Lipinski definition) is 0. The molecule has 98 valence electrons. The van der Waals surface area contributed by atoms with Crippen molar-refractivity contribution in [3.63, 3.8) is 0 Å². The molecule has 0 bridgehead atoms. The largest absolute Gasteiger partial charge is 0.438 e. The highest BCUT2D eigenvalue weighted by molar-refractivity contribution is 5.39.